The molecule has 32 heavy (non-hydrogen) atoms. The molecule has 0 aromatic carbocycles. The summed E-state index contributed by atoms with van der Waals surface area (Å²) in [4.78, 5) is 23.5. The zero-order valence-corrected chi connectivity index (χ0v) is 17.4. The molecule has 6 aromatic rings. The Kier molecular flexibility index (Phi) is 4.00. The number of anilines is 1. The van der Waals surface area contributed by atoms with E-state index in [1.807, 2.05) is 43.5 Å². The van der Waals surface area contributed by atoms with E-state index in [-0.39, 0.29) is 0 Å². The number of fused-ring (bicyclic) bond motifs is 2. The van der Waals surface area contributed by atoms with Crippen LogP contribution < -0.4 is 4.90 Å². The molecule has 0 saturated carbocycles. The molecule has 2 N–H and O–H groups in total. The van der Waals surface area contributed by atoms with Gasteiger partial charge in [0.2, 0.25) is 0 Å². The predicted molar refractivity (Wildman–Crippen MR) is 122 cm³/mol. The highest BCUT2D eigenvalue weighted by molar-refractivity contribution is 5.97. The van der Waals surface area contributed by atoms with Gasteiger partial charge in [-0.25, -0.2) is 4.98 Å². The minimum Gasteiger partial charge on any atom is -0.472 e. The third-order valence-electron chi connectivity index (χ3n) is 5.43. The standard InChI is InChI=1S/C23H18N8O/c1-31(2)15-5-14(7-24-8-15)18-6-16-19(11-26-18)29-30-22(16)23-27-20-10-25-9-17(21(20)28-23)13-3-4-32-12-13/h3-12H,1-2H3,(H,27,28)(H,29,30). The minimum absolute atomic E-state index is 0.654. The Morgan fingerprint density at radius 3 is 2.69 bits per heavy atom. The molecule has 0 aliphatic heterocycles. The summed E-state index contributed by atoms with van der Waals surface area (Å²) in [6, 6.07) is 5.96. The maximum absolute atomic E-state index is 5.23. The number of hydrogen-bond acceptors (Lipinski definition) is 7. The second-order valence-corrected chi connectivity index (χ2v) is 7.69. The summed E-state index contributed by atoms with van der Waals surface area (Å²) in [6.07, 6.45) is 12.3. The van der Waals surface area contributed by atoms with Crippen LogP contribution in [-0.2, 0) is 0 Å². The number of furan rings is 1. The van der Waals surface area contributed by atoms with Crippen molar-refractivity contribution >= 4 is 27.6 Å². The van der Waals surface area contributed by atoms with E-state index in [0.717, 1.165) is 55.7 Å². The van der Waals surface area contributed by atoms with Gasteiger partial charge in [0, 0.05) is 48.6 Å². The van der Waals surface area contributed by atoms with Gasteiger partial charge in [0.15, 0.2) is 5.82 Å². The summed E-state index contributed by atoms with van der Waals surface area (Å²) in [5.74, 6) is 0.654. The van der Waals surface area contributed by atoms with Gasteiger partial charge in [-0.1, -0.05) is 0 Å². The molecular formula is C23H18N8O. The van der Waals surface area contributed by atoms with Gasteiger partial charge >= 0.3 is 0 Å². The maximum Gasteiger partial charge on any atom is 0.159 e. The number of nitrogens with one attached hydrogen (secondary N) is 2. The molecule has 9 heteroatoms. The van der Waals surface area contributed by atoms with Crippen LogP contribution in [0.1, 0.15) is 0 Å². The number of hydrogen-bond donors (Lipinski definition) is 2. The van der Waals surface area contributed by atoms with Crippen molar-refractivity contribution in [1.82, 2.24) is 35.1 Å². The number of rotatable bonds is 4. The summed E-state index contributed by atoms with van der Waals surface area (Å²) < 4.78 is 5.23. The molecule has 0 aliphatic rings. The Balaban J connectivity index is 1.49. The lowest BCUT2D eigenvalue weighted by atomic mass is 10.1. The smallest absolute Gasteiger partial charge is 0.159 e. The van der Waals surface area contributed by atoms with E-state index in [0.29, 0.717) is 5.82 Å². The molecule has 0 atom stereocenters. The van der Waals surface area contributed by atoms with Crippen molar-refractivity contribution in [2.45, 2.75) is 0 Å². The lowest BCUT2D eigenvalue weighted by Crippen LogP contribution is -2.08. The first-order valence-corrected chi connectivity index (χ1v) is 10.0. The highest BCUT2D eigenvalue weighted by atomic mass is 16.3. The zero-order chi connectivity index (χ0) is 21.7. The normalized spacial score (nSPS) is 11.4. The SMILES string of the molecule is CN(C)c1cncc(-c2cc3c(-c4nc5c(-c6ccoc6)cncc5[nH]4)n[nH]c3cn2)c1. The molecule has 9 nitrogen and oxygen atoms in total. The molecule has 0 spiro atoms. The van der Waals surface area contributed by atoms with Crippen LogP contribution in [0.5, 0.6) is 0 Å². The Morgan fingerprint density at radius 1 is 0.938 bits per heavy atom. The van der Waals surface area contributed by atoms with Crippen LogP contribution in [-0.4, -0.2) is 49.2 Å². The zero-order valence-electron chi connectivity index (χ0n) is 17.4. The largest absolute Gasteiger partial charge is 0.472 e. The molecule has 0 saturated heterocycles. The number of aromatic nitrogens is 7. The van der Waals surface area contributed by atoms with Crippen molar-refractivity contribution in [2.24, 2.45) is 0 Å². The molecule has 0 unspecified atom stereocenters. The van der Waals surface area contributed by atoms with Crippen LogP contribution in [0.3, 0.4) is 0 Å². The highest BCUT2D eigenvalue weighted by Crippen LogP contribution is 2.32. The first-order valence-electron chi connectivity index (χ1n) is 10.0. The molecule has 6 aromatic heterocycles. The second-order valence-electron chi connectivity index (χ2n) is 7.69. The number of pyridine rings is 3. The summed E-state index contributed by atoms with van der Waals surface area (Å²) >= 11 is 0. The number of nitrogens with zero attached hydrogens (tertiary/aromatic N) is 6. The van der Waals surface area contributed by atoms with Crippen molar-refractivity contribution in [3.8, 4) is 33.9 Å². The molecule has 0 radical (unpaired) electrons. The fourth-order valence-electron chi connectivity index (χ4n) is 3.74. The summed E-state index contributed by atoms with van der Waals surface area (Å²) in [7, 11) is 3.97. The van der Waals surface area contributed by atoms with Gasteiger partial charge in [-0.15, -0.1) is 0 Å². The maximum atomic E-state index is 5.23. The van der Waals surface area contributed by atoms with Gasteiger partial charge in [0.25, 0.3) is 0 Å². The summed E-state index contributed by atoms with van der Waals surface area (Å²) in [5.41, 5.74) is 7.75. The first-order chi connectivity index (χ1) is 15.7. The van der Waals surface area contributed by atoms with Crippen LogP contribution in [0.25, 0.3) is 55.8 Å². The van der Waals surface area contributed by atoms with Crippen molar-refractivity contribution in [1.29, 1.82) is 0 Å². The van der Waals surface area contributed by atoms with Crippen molar-refractivity contribution in [3.05, 3.63) is 61.7 Å². The van der Waals surface area contributed by atoms with Gasteiger partial charge in [-0.2, -0.15) is 5.10 Å². The number of aromatic amines is 2. The minimum atomic E-state index is 0.654. The molecule has 6 rings (SSSR count). The molecule has 6 heterocycles. The van der Waals surface area contributed by atoms with Gasteiger partial charge in [0.05, 0.1) is 53.5 Å². The average molecular weight is 422 g/mol. The molecule has 0 bridgehead atoms. The second kappa shape index (κ2) is 7.02. The Hall–Kier alpha value is -4.53. The molecule has 0 amide bonds. The Morgan fingerprint density at radius 2 is 1.84 bits per heavy atom. The number of H-pyrrole nitrogens is 2. The van der Waals surface area contributed by atoms with E-state index in [4.69, 9.17) is 9.40 Å². The van der Waals surface area contributed by atoms with Gasteiger partial charge in [0.1, 0.15) is 11.2 Å². The number of imidazole rings is 1. The topological polar surface area (TPSA) is 112 Å². The third-order valence-corrected chi connectivity index (χ3v) is 5.43. The fourth-order valence-corrected chi connectivity index (χ4v) is 3.74. The predicted octanol–water partition coefficient (Wildman–Crippen LogP) is 4.28. The van der Waals surface area contributed by atoms with Gasteiger partial charge in [-0.3, -0.25) is 20.1 Å². The van der Waals surface area contributed by atoms with E-state index in [1.54, 1.807) is 31.1 Å². The van der Waals surface area contributed by atoms with E-state index in [9.17, 15) is 0 Å². The van der Waals surface area contributed by atoms with Crippen LogP contribution in [0.15, 0.2) is 66.1 Å². The van der Waals surface area contributed by atoms with E-state index in [2.05, 4.69) is 36.2 Å². The van der Waals surface area contributed by atoms with Crippen molar-refractivity contribution in [2.75, 3.05) is 19.0 Å². The molecule has 156 valence electrons. The molecule has 0 aliphatic carbocycles. The van der Waals surface area contributed by atoms with Crippen molar-refractivity contribution in [3.63, 3.8) is 0 Å². The first kappa shape index (κ1) is 18.3. The van der Waals surface area contributed by atoms with Crippen LogP contribution in [0.4, 0.5) is 5.69 Å². The summed E-state index contributed by atoms with van der Waals surface area (Å²) in [5, 5.41) is 8.49. The molecule has 0 fully saturated rings. The quantitative estimate of drug-likeness (QED) is 0.436. The Bertz CT molecular complexity index is 1560. The van der Waals surface area contributed by atoms with E-state index in [1.165, 1.54) is 0 Å². The van der Waals surface area contributed by atoms with E-state index < -0.39 is 0 Å². The lowest BCUT2D eigenvalue weighted by Gasteiger charge is -2.12. The van der Waals surface area contributed by atoms with Gasteiger partial charge < -0.3 is 14.3 Å². The molecular weight excluding hydrogens is 404 g/mol. The Labute approximate surface area is 182 Å². The average Bonchev–Trinajstić information content (AvgIpc) is 3.57. The lowest BCUT2D eigenvalue weighted by molar-refractivity contribution is 0.568. The fraction of sp³-hybridized carbons (Fsp3) is 0.0870. The van der Waals surface area contributed by atoms with Crippen molar-refractivity contribution < 1.29 is 4.42 Å². The van der Waals surface area contributed by atoms with Crippen LogP contribution in [0, 0.1) is 0 Å². The highest BCUT2D eigenvalue weighted by Gasteiger charge is 2.17. The van der Waals surface area contributed by atoms with E-state index >= 15 is 0 Å². The monoisotopic (exact) mass is 422 g/mol. The third kappa shape index (κ3) is 2.90. The van der Waals surface area contributed by atoms with Crippen LogP contribution >= 0.6 is 0 Å². The van der Waals surface area contributed by atoms with Gasteiger partial charge in [-0.05, 0) is 18.2 Å². The van der Waals surface area contributed by atoms with Crippen LogP contribution in [0.2, 0.25) is 0 Å². The summed E-state index contributed by atoms with van der Waals surface area (Å²) in [6.45, 7) is 0.